The van der Waals surface area contributed by atoms with Gasteiger partial charge in [0.05, 0.1) is 6.61 Å². The molecule has 1 aliphatic heterocycles. The number of carbonyl (C=O) groups is 1. The third kappa shape index (κ3) is 2.23. The van der Waals surface area contributed by atoms with E-state index < -0.39 is 36.3 Å². The van der Waals surface area contributed by atoms with Crippen molar-refractivity contribution >= 4 is 5.97 Å². The fourth-order valence-corrected chi connectivity index (χ4v) is 0.823. The quantitative estimate of drug-likeness (QED) is 0.366. The Hall–Kier alpha value is -0.530. The van der Waals surface area contributed by atoms with Crippen LogP contribution in [0.2, 0.25) is 0 Å². The molecule has 0 aromatic heterocycles. The van der Waals surface area contributed by atoms with Crippen molar-refractivity contribution in [2.45, 2.75) is 12.2 Å². The zero-order valence-electron chi connectivity index (χ0n) is 6.27. The average Bonchev–Trinajstić information content (AvgIpc) is 2.32. The number of hydrogen-bond acceptors (Lipinski definition) is 6. The Morgan fingerprint density at radius 1 is 1.46 bits per heavy atom. The van der Waals surface area contributed by atoms with E-state index in [4.69, 9.17) is 20.4 Å². The Bertz CT molecular complexity index is 237. The van der Waals surface area contributed by atoms with E-state index in [9.17, 15) is 4.79 Å². The number of aliphatic hydroxyl groups is 4. The summed E-state index contributed by atoms with van der Waals surface area (Å²) in [6, 6.07) is 0. The van der Waals surface area contributed by atoms with Crippen molar-refractivity contribution in [2.24, 2.45) is 0 Å². The van der Waals surface area contributed by atoms with Gasteiger partial charge in [0.25, 0.3) is 0 Å². The van der Waals surface area contributed by atoms with Gasteiger partial charge < -0.3 is 25.2 Å². The second-order valence-electron chi connectivity index (χ2n) is 2.31. The first-order valence-electron chi connectivity index (χ1n) is 3.20. The number of ether oxygens (including phenoxy) is 1. The SMILES string of the molecule is O=C1O[C@H](C(O)CO)C(O)=C1O.[Ag]. The number of rotatable bonds is 2. The molecule has 0 amide bonds. The van der Waals surface area contributed by atoms with E-state index in [-0.39, 0.29) is 22.4 Å². The van der Waals surface area contributed by atoms with E-state index in [0.717, 1.165) is 0 Å². The van der Waals surface area contributed by atoms with Crippen LogP contribution in [-0.2, 0) is 31.9 Å². The molecule has 4 N–H and O–H groups in total. The average molecular weight is 284 g/mol. The molecule has 7 heteroatoms. The van der Waals surface area contributed by atoms with Gasteiger partial charge in [0.2, 0.25) is 5.76 Å². The van der Waals surface area contributed by atoms with E-state index in [1.54, 1.807) is 0 Å². The van der Waals surface area contributed by atoms with Crippen molar-refractivity contribution < 1.29 is 52.3 Å². The first-order chi connectivity index (χ1) is 5.57. The molecule has 1 unspecified atom stereocenters. The summed E-state index contributed by atoms with van der Waals surface area (Å²) in [5, 5.41) is 35.0. The van der Waals surface area contributed by atoms with Gasteiger partial charge in [-0.2, -0.15) is 0 Å². The fourth-order valence-electron chi connectivity index (χ4n) is 0.823. The molecule has 13 heavy (non-hydrogen) atoms. The molecule has 0 spiro atoms. The minimum absolute atomic E-state index is 0. The Labute approximate surface area is 89.0 Å². The maximum atomic E-state index is 10.5. The largest absolute Gasteiger partial charge is 0.505 e. The fraction of sp³-hybridized carbons (Fsp3) is 0.500. The zero-order valence-corrected chi connectivity index (χ0v) is 7.75. The maximum absolute atomic E-state index is 10.5. The molecule has 0 saturated carbocycles. The Balaban J connectivity index is 0.00000144. The minimum atomic E-state index is -1.42. The van der Waals surface area contributed by atoms with Crippen molar-refractivity contribution in [1.29, 1.82) is 0 Å². The van der Waals surface area contributed by atoms with E-state index in [1.807, 2.05) is 0 Å². The first kappa shape index (κ1) is 12.5. The molecule has 6 nitrogen and oxygen atoms in total. The van der Waals surface area contributed by atoms with Crippen molar-refractivity contribution in [3.8, 4) is 0 Å². The Kier molecular flexibility index (Phi) is 4.45. The van der Waals surface area contributed by atoms with Gasteiger partial charge in [-0.05, 0) is 0 Å². The molecular weight excluding hydrogens is 276 g/mol. The third-order valence-electron chi connectivity index (χ3n) is 1.48. The molecule has 1 radical (unpaired) electrons. The predicted octanol–water partition coefficient (Wildman–Crippen LogP) is -1.41. The second kappa shape index (κ2) is 4.64. The standard InChI is InChI=1S/C6H8O6.Ag/c7-1-2(8)5-3(9)4(10)6(11)12-5;/h2,5,7-10H,1H2;/t2?,5-;/m1./s1. The number of cyclic esters (lactones) is 1. The predicted molar refractivity (Wildman–Crippen MR) is 35.3 cm³/mol. The van der Waals surface area contributed by atoms with Crippen LogP contribution in [0.3, 0.4) is 0 Å². The van der Waals surface area contributed by atoms with Gasteiger partial charge in [0.1, 0.15) is 6.10 Å². The van der Waals surface area contributed by atoms with Crippen LogP contribution >= 0.6 is 0 Å². The molecule has 0 aromatic carbocycles. The van der Waals surface area contributed by atoms with Crippen LogP contribution in [-0.4, -0.2) is 45.2 Å². The van der Waals surface area contributed by atoms with E-state index in [2.05, 4.69) is 4.74 Å². The van der Waals surface area contributed by atoms with Crippen LogP contribution in [0.5, 0.6) is 0 Å². The molecule has 79 valence electrons. The first-order valence-corrected chi connectivity index (χ1v) is 3.20. The number of esters is 1. The molecule has 0 aliphatic carbocycles. The summed E-state index contributed by atoms with van der Waals surface area (Å²) in [4.78, 5) is 10.5. The van der Waals surface area contributed by atoms with Crippen molar-refractivity contribution in [3.63, 3.8) is 0 Å². The Morgan fingerprint density at radius 3 is 2.31 bits per heavy atom. The molecule has 0 bridgehead atoms. The molecular formula is C6H8AgO6. The number of aliphatic hydroxyl groups excluding tert-OH is 4. The molecule has 1 rings (SSSR count). The van der Waals surface area contributed by atoms with Gasteiger partial charge >= 0.3 is 5.97 Å². The monoisotopic (exact) mass is 283 g/mol. The smallest absolute Gasteiger partial charge is 0.377 e. The summed E-state index contributed by atoms with van der Waals surface area (Å²) in [7, 11) is 0. The molecule has 0 aromatic rings. The summed E-state index contributed by atoms with van der Waals surface area (Å²) < 4.78 is 4.32. The van der Waals surface area contributed by atoms with Gasteiger partial charge in [-0.25, -0.2) is 4.79 Å². The Morgan fingerprint density at radius 2 is 2.00 bits per heavy atom. The summed E-state index contributed by atoms with van der Waals surface area (Å²) in [6.07, 6.45) is -2.78. The summed E-state index contributed by atoms with van der Waals surface area (Å²) >= 11 is 0. The van der Waals surface area contributed by atoms with Gasteiger partial charge in [-0.15, -0.1) is 0 Å². The number of carbonyl (C=O) groups excluding carboxylic acids is 1. The van der Waals surface area contributed by atoms with Crippen molar-refractivity contribution in [2.75, 3.05) is 6.61 Å². The van der Waals surface area contributed by atoms with Gasteiger partial charge in [-0.3, -0.25) is 0 Å². The van der Waals surface area contributed by atoms with Crippen LogP contribution in [0, 0.1) is 0 Å². The topological polar surface area (TPSA) is 107 Å². The maximum Gasteiger partial charge on any atom is 0.377 e. The molecule has 2 atom stereocenters. The molecule has 0 saturated heterocycles. The van der Waals surface area contributed by atoms with Crippen LogP contribution in [0.1, 0.15) is 0 Å². The normalized spacial score (nSPS) is 23.8. The summed E-state index contributed by atoms with van der Waals surface area (Å²) in [5.74, 6) is -2.78. The zero-order chi connectivity index (χ0) is 9.30. The molecule has 1 heterocycles. The third-order valence-corrected chi connectivity index (χ3v) is 1.48. The molecule has 0 fully saturated rings. The summed E-state index contributed by atoms with van der Waals surface area (Å²) in [5.41, 5.74) is 0. The van der Waals surface area contributed by atoms with E-state index >= 15 is 0 Å². The summed E-state index contributed by atoms with van der Waals surface area (Å²) in [6.45, 7) is -0.671. The van der Waals surface area contributed by atoms with Crippen LogP contribution in [0.4, 0.5) is 0 Å². The van der Waals surface area contributed by atoms with E-state index in [1.165, 1.54) is 0 Å². The van der Waals surface area contributed by atoms with Gasteiger partial charge in [-0.1, -0.05) is 0 Å². The molecule has 1 aliphatic rings. The van der Waals surface area contributed by atoms with Gasteiger partial charge in [0.15, 0.2) is 11.9 Å². The second-order valence-corrected chi connectivity index (χ2v) is 2.31. The number of hydrogen-bond donors (Lipinski definition) is 4. The van der Waals surface area contributed by atoms with Crippen LogP contribution < -0.4 is 0 Å². The van der Waals surface area contributed by atoms with Crippen molar-refractivity contribution in [1.82, 2.24) is 0 Å². The van der Waals surface area contributed by atoms with Gasteiger partial charge in [0, 0.05) is 22.4 Å². The van der Waals surface area contributed by atoms with Crippen molar-refractivity contribution in [3.05, 3.63) is 11.5 Å². The van der Waals surface area contributed by atoms with Crippen LogP contribution in [0.15, 0.2) is 11.5 Å². The minimum Gasteiger partial charge on any atom is -0.505 e. The van der Waals surface area contributed by atoms with Crippen LogP contribution in [0.25, 0.3) is 0 Å². The van der Waals surface area contributed by atoms with E-state index in [0.29, 0.717) is 0 Å².